The van der Waals surface area contributed by atoms with Crippen LogP contribution in [0.5, 0.6) is 5.75 Å². The first-order valence-corrected chi connectivity index (χ1v) is 7.94. The van der Waals surface area contributed by atoms with Crippen molar-refractivity contribution in [3.05, 3.63) is 45.9 Å². The highest BCUT2D eigenvalue weighted by Crippen LogP contribution is 2.18. The Morgan fingerprint density at radius 1 is 1.36 bits per heavy atom. The molecule has 0 saturated heterocycles. The summed E-state index contributed by atoms with van der Waals surface area (Å²) in [6.07, 6.45) is 1.61. The standard InChI is InChI=1S/C16H21N3O2S/c1-12-17-11-15(22-12)16(20)18-10-13-6-4-5-7-14(13)21-9-8-19(2)3/h4-7,11H,8-10H2,1-3H3,(H,18,20). The van der Waals surface area contributed by atoms with Crippen LogP contribution >= 0.6 is 11.3 Å². The first-order valence-electron chi connectivity index (χ1n) is 7.12. The SMILES string of the molecule is Cc1ncc(C(=O)NCc2ccccc2OCCN(C)C)s1. The Morgan fingerprint density at radius 2 is 2.14 bits per heavy atom. The number of rotatable bonds is 7. The number of para-hydroxylation sites is 1. The van der Waals surface area contributed by atoms with Gasteiger partial charge in [-0.1, -0.05) is 18.2 Å². The van der Waals surface area contributed by atoms with Gasteiger partial charge >= 0.3 is 0 Å². The normalized spacial score (nSPS) is 10.7. The van der Waals surface area contributed by atoms with E-state index in [0.717, 1.165) is 22.9 Å². The topological polar surface area (TPSA) is 54.5 Å². The van der Waals surface area contributed by atoms with E-state index in [4.69, 9.17) is 4.74 Å². The van der Waals surface area contributed by atoms with E-state index in [2.05, 4.69) is 15.2 Å². The van der Waals surface area contributed by atoms with Gasteiger partial charge in [-0.25, -0.2) is 4.98 Å². The quantitative estimate of drug-likeness (QED) is 0.851. The third-order valence-corrected chi connectivity index (χ3v) is 3.96. The average molecular weight is 319 g/mol. The van der Waals surface area contributed by atoms with Crippen molar-refractivity contribution in [2.75, 3.05) is 27.2 Å². The Morgan fingerprint density at radius 3 is 2.82 bits per heavy atom. The highest BCUT2D eigenvalue weighted by atomic mass is 32.1. The number of aromatic nitrogens is 1. The van der Waals surface area contributed by atoms with Crippen LogP contribution in [-0.2, 0) is 6.54 Å². The number of benzene rings is 1. The van der Waals surface area contributed by atoms with Gasteiger partial charge < -0.3 is 15.0 Å². The highest BCUT2D eigenvalue weighted by molar-refractivity contribution is 7.13. The molecule has 0 fully saturated rings. The van der Waals surface area contributed by atoms with Crippen LogP contribution in [0.1, 0.15) is 20.2 Å². The largest absolute Gasteiger partial charge is 0.492 e. The average Bonchev–Trinajstić information content (AvgIpc) is 2.92. The number of amides is 1. The highest BCUT2D eigenvalue weighted by Gasteiger charge is 2.10. The number of carbonyl (C=O) groups excluding carboxylic acids is 1. The minimum atomic E-state index is -0.103. The van der Waals surface area contributed by atoms with Crippen molar-refractivity contribution < 1.29 is 9.53 Å². The van der Waals surface area contributed by atoms with Crippen LogP contribution in [0.3, 0.4) is 0 Å². The molecule has 1 aromatic heterocycles. The maximum absolute atomic E-state index is 12.1. The Balaban J connectivity index is 1.93. The summed E-state index contributed by atoms with van der Waals surface area (Å²) in [6.45, 7) is 3.79. The molecule has 5 nitrogen and oxygen atoms in total. The van der Waals surface area contributed by atoms with E-state index in [0.29, 0.717) is 18.0 Å². The molecule has 0 spiro atoms. The molecule has 118 valence electrons. The minimum Gasteiger partial charge on any atom is -0.492 e. The van der Waals surface area contributed by atoms with Crippen LogP contribution < -0.4 is 10.1 Å². The van der Waals surface area contributed by atoms with Crippen LogP contribution in [0, 0.1) is 6.92 Å². The summed E-state index contributed by atoms with van der Waals surface area (Å²) in [4.78, 5) is 18.8. The lowest BCUT2D eigenvalue weighted by Crippen LogP contribution is -2.23. The van der Waals surface area contributed by atoms with Crippen molar-refractivity contribution in [3.8, 4) is 5.75 Å². The molecule has 0 unspecified atom stereocenters. The summed E-state index contributed by atoms with van der Waals surface area (Å²) < 4.78 is 5.79. The molecule has 0 aliphatic heterocycles. The van der Waals surface area contributed by atoms with Gasteiger partial charge in [0, 0.05) is 18.7 Å². The second-order valence-electron chi connectivity index (χ2n) is 5.19. The van der Waals surface area contributed by atoms with Gasteiger partial charge in [-0.15, -0.1) is 11.3 Å². The van der Waals surface area contributed by atoms with Crippen LogP contribution in [-0.4, -0.2) is 43.0 Å². The van der Waals surface area contributed by atoms with Crippen molar-refractivity contribution in [2.24, 2.45) is 0 Å². The lowest BCUT2D eigenvalue weighted by molar-refractivity contribution is 0.0954. The van der Waals surface area contributed by atoms with Gasteiger partial charge in [-0.2, -0.15) is 0 Å². The first-order chi connectivity index (χ1) is 10.6. The zero-order valence-electron chi connectivity index (χ0n) is 13.1. The van der Waals surface area contributed by atoms with Gasteiger partial charge in [0.25, 0.3) is 5.91 Å². The lowest BCUT2D eigenvalue weighted by Gasteiger charge is -2.14. The molecule has 0 saturated carbocycles. The predicted octanol–water partition coefficient (Wildman–Crippen LogP) is 2.32. The molecule has 0 atom stereocenters. The number of ether oxygens (including phenoxy) is 1. The summed E-state index contributed by atoms with van der Waals surface area (Å²) >= 11 is 1.39. The van der Waals surface area contributed by atoms with E-state index in [1.807, 2.05) is 45.3 Å². The Kier molecular flexibility index (Phi) is 5.91. The second kappa shape index (κ2) is 7.91. The molecule has 22 heavy (non-hydrogen) atoms. The number of hydrogen-bond acceptors (Lipinski definition) is 5. The molecule has 1 amide bonds. The smallest absolute Gasteiger partial charge is 0.263 e. The van der Waals surface area contributed by atoms with Gasteiger partial charge in [-0.3, -0.25) is 4.79 Å². The van der Waals surface area contributed by atoms with Gasteiger partial charge in [0.2, 0.25) is 0 Å². The van der Waals surface area contributed by atoms with Crippen molar-refractivity contribution in [1.82, 2.24) is 15.2 Å². The van der Waals surface area contributed by atoms with E-state index in [1.54, 1.807) is 6.20 Å². The molecular weight excluding hydrogens is 298 g/mol. The molecule has 0 aliphatic rings. The monoisotopic (exact) mass is 319 g/mol. The number of nitrogens with zero attached hydrogens (tertiary/aromatic N) is 2. The van der Waals surface area contributed by atoms with Gasteiger partial charge in [-0.05, 0) is 27.1 Å². The summed E-state index contributed by atoms with van der Waals surface area (Å²) in [7, 11) is 4.01. The lowest BCUT2D eigenvalue weighted by atomic mass is 10.2. The summed E-state index contributed by atoms with van der Waals surface area (Å²) in [5.74, 6) is 0.707. The molecule has 1 aromatic carbocycles. The summed E-state index contributed by atoms with van der Waals surface area (Å²) in [6, 6.07) is 7.76. The zero-order valence-corrected chi connectivity index (χ0v) is 13.9. The van der Waals surface area contributed by atoms with Crippen molar-refractivity contribution in [2.45, 2.75) is 13.5 Å². The number of thiazole rings is 1. The molecule has 1 N–H and O–H groups in total. The molecule has 0 bridgehead atoms. The maximum Gasteiger partial charge on any atom is 0.263 e. The van der Waals surface area contributed by atoms with Crippen molar-refractivity contribution >= 4 is 17.2 Å². The number of nitrogens with one attached hydrogen (secondary N) is 1. The Hall–Kier alpha value is -1.92. The van der Waals surface area contributed by atoms with Gasteiger partial charge in [0.15, 0.2) is 0 Å². The molecule has 0 aliphatic carbocycles. The van der Waals surface area contributed by atoms with E-state index < -0.39 is 0 Å². The molecule has 1 heterocycles. The maximum atomic E-state index is 12.1. The van der Waals surface area contributed by atoms with E-state index in [-0.39, 0.29) is 5.91 Å². The molecule has 6 heteroatoms. The number of likely N-dealkylation sites (N-methyl/N-ethyl adjacent to an activating group) is 1. The Bertz CT molecular complexity index is 625. The number of aryl methyl sites for hydroxylation is 1. The third kappa shape index (κ3) is 4.82. The molecule has 2 aromatic rings. The fourth-order valence-corrected chi connectivity index (χ4v) is 2.55. The van der Waals surface area contributed by atoms with Crippen molar-refractivity contribution in [3.63, 3.8) is 0 Å². The molecule has 2 rings (SSSR count). The van der Waals surface area contributed by atoms with Crippen LogP contribution in [0.2, 0.25) is 0 Å². The third-order valence-electron chi connectivity index (χ3n) is 3.05. The fourth-order valence-electron chi connectivity index (χ4n) is 1.86. The summed E-state index contributed by atoms with van der Waals surface area (Å²) in [5, 5.41) is 3.80. The van der Waals surface area contributed by atoms with Gasteiger partial charge in [0.05, 0.1) is 11.2 Å². The minimum absolute atomic E-state index is 0.103. The fraction of sp³-hybridized carbons (Fsp3) is 0.375. The number of hydrogen-bond donors (Lipinski definition) is 1. The predicted molar refractivity (Wildman–Crippen MR) is 88.5 cm³/mol. The van der Waals surface area contributed by atoms with E-state index in [9.17, 15) is 4.79 Å². The molecular formula is C16H21N3O2S. The van der Waals surface area contributed by atoms with Crippen molar-refractivity contribution in [1.29, 1.82) is 0 Å². The van der Waals surface area contributed by atoms with Crippen LogP contribution in [0.25, 0.3) is 0 Å². The zero-order chi connectivity index (χ0) is 15.9. The van der Waals surface area contributed by atoms with Gasteiger partial charge in [0.1, 0.15) is 17.2 Å². The van der Waals surface area contributed by atoms with E-state index >= 15 is 0 Å². The van der Waals surface area contributed by atoms with Crippen LogP contribution in [0.15, 0.2) is 30.5 Å². The molecule has 0 radical (unpaired) electrons. The Labute approximate surface area is 134 Å². The first kappa shape index (κ1) is 16.5. The second-order valence-corrected chi connectivity index (χ2v) is 6.42. The van der Waals surface area contributed by atoms with E-state index in [1.165, 1.54) is 11.3 Å². The van der Waals surface area contributed by atoms with Crippen LogP contribution in [0.4, 0.5) is 0 Å². The summed E-state index contributed by atoms with van der Waals surface area (Å²) in [5.41, 5.74) is 0.968. The number of carbonyl (C=O) groups is 1.